The van der Waals surface area contributed by atoms with E-state index >= 15 is 0 Å². The van der Waals surface area contributed by atoms with Gasteiger partial charge in [-0.05, 0) is 25.7 Å². The molecule has 1 heterocycles. The Bertz CT molecular complexity index is 655. The lowest BCUT2D eigenvalue weighted by molar-refractivity contribution is -0.135. The van der Waals surface area contributed by atoms with Crippen molar-refractivity contribution in [2.45, 2.75) is 81.4 Å². The third-order valence-electron chi connectivity index (χ3n) is 5.58. The maximum absolute atomic E-state index is 13.1. The van der Waals surface area contributed by atoms with Crippen molar-refractivity contribution in [3.8, 4) is 0 Å². The van der Waals surface area contributed by atoms with Crippen LogP contribution in [0, 0.1) is 0 Å². The maximum Gasteiger partial charge on any atom is 0.341 e. The van der Waals surface area contributed by atoms with E-state index in [4.69, 9.17) is 10.8 Å². The monoisotopic (exact) mass is 392 g/mol. The summed E-state index contributed by atoms with van der Waals surface area (Å²) in [5, 5.41) is 9.35. The minimum Gasteiger partial charge on any atom is -0.477 e. The molecular weight excluding hydrogens is 364 g/mol. The number of hydrogen-bond donors (Lipinski definition) is 2. The first kappa shape index (κ1) is 19.9. The quantitative estimate of drug-likeness (QED) is 0.564. The predicted molar refractivity (Wildman–Crippen MR) is 105 cm³/mol. The van der Waals surface area contributed by atoms with Crippen LogP contribution in [-0.2, 0) is 4.79 Å². The molecule has 0 aromatic carbocycles. The van der Waals surface area contributed by atoms with Gasteiger partial charge in [0.05, 0.1) is 5.75 Å². The molecule has 2 fully saturated rings. The Morgan fingerprint density at radius 3 is 2.11 bits per heavy atom. The van der Waals surface area contributed by atoms with E-state index in [9.17, 15) is 9.59 Å². The largest absolute Gasteiger partial charge is 0.477 e. The van der Waals surface area contributed by atoms with Crippen LogP contribution >= 0.6 is 11.8 Å². The second-order valence-corrected chi connectivity index (χ2v) is 8.37. The van der Waals surface area contributed by atoms with Crippen molar-refractivity contribution in [2.24, 2.45) is 0 Å². The summed E-state index contributed by atoms with van der Waals surface area (Å²) >= 11 is 1.23. The van der Waals surface area contributed by atoms with Crippen LogP contribution in [0.1, 0.15) is 74.6 Å². The Kier molecular flexibility index (Phi) is 6.93. The first-order chi connectivity index (χ1) is 13.1. The van der Waals surface area contributed by atoms with Crippen LogP contribution in [0.3, 0.4) is 0 Å². The number of amides is 1. The number of carboxylic acids is 1. The van der Waals surface area contributed by atoms with E-state index in [1.165, 1.54) is 56.5 Å². The third kappa shape index (κ3) is 5.12. The van der Waals surface area contributed by atoms with Crippen LogP contribution in [0.15, 0.2) is 11.4 Å². The van der Waals surface area contributed by atoms with E-state index in [1.54, 1.807) is 0 Å². The first-order valence-electron chi connectivity index (χ1n) is 9.86. The Balaban J connectivity index is 1.66. The normalized spacial score (nSPS) is 19.0. The highest BCUT2D eigenvalue weighted by atomic mass is 32.2. The summed E-state index contributed by atoms with van der Waals surface area (Å²) in [4.78, 5) is 34.3. The van der Waals surface area contributed by atoms with Crippen LogP contribution in [-0.4, -0.2) is 49.7 Å². The Morgan fingerprint density at radius 2 is 1.63 bits per heavy atom. The summed E-state index contributed by atoms with van der Waals surface area (Å²) in [5.74, 6) is -0.813. The first-order valence-corrected chi connectivity index (χ1v) is 10.8. The molecule has 0 atom stereocenters. The highest BCUT2D eigenvalue weighted by Crippen LogP contribution is 2.31. The van der Waals surface area contributed by atoms with Crippen LogP contribution in [0.5, 0.6) is 0 Å². The standard InChI is InChI=1S/C19H28N4O3S/c20-17-15(18(25)26)11-21-19(22-17)27-12-16(24)23(13-7-3-1-4-8-13)14-9-5-2-6-10-14/h11,13-14H,1-10,12H2,(H,25,26)(H2,20,21,22). The zero-order valence-corrected chi connectivity index (χ0v) is 16.4. The van der Waals surface area contributed by atoms with Gasteiger partial charge in [-0.25, -0.2) is 14.8 Å². The molecule has 0 radical (unpaired) electrons. The number of carbonyl (C=O) groups is 2. The number of nitrogens with two attached hydrogens (primary N) is 1. The summed E-state index contributed by atoms with van der Waals surface area (Å²) in [5.41, 5.74) is 5.57. The molecule has 0 bridgehead atoms. The molecule has 2 saturated carbocycles. The summed E-state index contributed by atoms with van der Waals surface area (Å²) in [6, 6.07) is 0.714. The van der Waals surface area contributed by atoms with Gasteiger partial charge in [-0.2, -0.15) is 0 Å². The molecule has 3 N–H and O–H groups in total. The number of nitrogen functional groups attached to an aromatic ring is 1. The van der Waals surface area contributed by atoms with Gasteiger partial charge in [-0.3, -0.25) is 4.79 Å². The van der Waals surface area contributed by atoms with Crippen molar-refractivity contribution in [3.63, 3.8) is 0 Å². The van der Waals surface area contributed by atoms with Gasteiger partial charge in [0.15, 0.2) is 5.16 Å². The Labute approximate surface area is 164 Å². The summed E-state index contributed by atoms with van der Waals surface area (Å²) in [6.07, 6.45) is 12.9. The van der Waals surface area contributed by atoms with Crippen molar-refractivity contribution in [3.05, 3.63) is 11.8 Å². The third-order valence-corrected chi connectivity index (χ3v) is 6.42. The zero-order chi connectivity index (χ0) is 19.2. The average Bonchev–Trinajstić information content (AvgIpc) is 2.68. The summed E-state index contributed by atoms with van der Waals surface area (Å²) < 4.78 is 0. The van der Waals surface area contributed by atoms with E-state index in [0.717, 1.165) is 25.7 Å². The Hall–Kier alpha value is -1.83. The smallest absolute Gasteiger partial charge is 0.341 e. The number of hydrogen-bond acceptors (Lipinski definition) is 6. The second-order valence-electron chi connectivity index (χ2n) is 7.43. The van der Waals surface area contributed by atoms with E-state index in [2.05, 4.69) is 14.9 Å². The molecule has 0 saturated heterocycles. The molecule has 7 nitrogen and oxygen atoms in total. The van der Waals surface area contributed by atoms with Crippen LogP contribution in [0.25, 0.3) is 0 Å². The number of anilines is 1. The lowest BCUT2D eigenvalue weighted by atomic mass is 9.88. The SMILES string of the molecule is Nc1nc(SCC(=O)N(C2CCCCC2)C2CCCCC2)ncc1C(=O)O. The molecule has 1 aromatic heterocycles. The highest BCUT2D eigenvalue weighted by molar-refractivity contribution is 7.99. The second kappa shape index (κ2) is 9.39. The maximum atomic E-state index is 13.1. The summed E-state index contributed by atoms with van der Waals surface area (Å²) in [6.45, 7) is 0. The zero-order valence-electron chi connectivity index (χ0n) is 15.6. The van der Waals surface area contributed by atoms with Gasteiger partial charge in [-0.15, -0.1) is 0 Å². The number of carbonyl (C=O) groups excluding carboxylic acids is 1. The van der Waals surface area contributed by atoms with Crippen molar-refractivity contribution >= 4 is 29.5 Å². The predicted octanol–water partition coefficient (Wildman–Crippen LogP) is 3.34. The fourth-order valence-electron chi connectivity index (χ4n) is 4.24. The number of rotatable bonds is 6. The molecule has 0 aliphatic heterocycles. The highest BCUT2D eigenvalue weighted by Gasteiger charge is 2.32. The Morgan fingerprint density at radius 1 is 1.07 bits per heavy atom. The van der Waals surface area contributed by atoms with Gasteiger partial charge in [0.2, 0.25) is 5.91 Å². The molecule has 2 aliphatic carbocycles. The summed E-state index contributed by atoms with van der Waals surface area (Å²) in [7, 11) is 0. The van der Waals surface area contributed by atoms with Crippen LogP contribution in [0.4, 0.5) is 5.82 Å². The molecule has 8 heteroatoms. The van der Waals surface area contributed by atoms with Crippen molar-refractivity contribution in [2.75, 3.05) is 11.5 Å². The molecule has 27 heavy (non-hydrogen) atoms. The van der Waals surface area contributed by atoms with Gasteiger partial charge in [0.1, 0.15) is 11.4 Å². The van der Waals surface area contributed by atoms with Crippen molar-refractivity contribution < 1.29 is 14.7 Å². The molecular formula is C19H28N4O3S. The van der Waals surface area contributed by atoms with E-state index in [-0.39, 0.29) is 23.0 Å². The number of aromatic nitrogens is 2. The van der Waals surface area contributed by atoms with Gasteiger partial charge < -0.3 is 15.7 Å². The van der Waals surface area contributed by atoms with Crippen molar-refractivity contribution in [1.29, 1.82) is 0 Å². The molecule has 3 rings (SSSR count). The van der Waals surface area contributed by atoms with Crippen LogP contribution in [0.2, 0.25) is 0 Å². The average molecular weight is 393 g/mol. The van der Waals surface area contributed by atoms with Gasteiger partial charge >= 0.3 is 5.97 Å². The van der Waals surface area contributed by atoms with Crippen LogP contribution < -0.4 is 5.73 Å². The van der Waals surface area contributed by atoms with E-state index in [0.29, 0.717) is 17.2 Å². The number of aromatic carboxylic acids is 1. The molecule has 1 amide bonds. The fourth-order valence-corrected chi connectivity index (χ4v) is 4.93. The molecule has 1 aromatic rings. The number of nitrogens with zero attached hydrogens (tertiary/aromatic N) is 3. The number of carboxylic acid groups (broad SMARTS) is 1. The molecule has 2 aliphatic rings. The molecule has 148 valence electrons. The minimum absolute atomic E-state index is 0.0659. The lowest BCUT2D eigenvalue weighted by Crippen LogP contribution is -2.49. The minimum atomic E-state index is -1.15. The van der Waals surface area contributed by atoms with E-state index in [1.807, 2.05) is 0 Å². The fraction of sp³-hybridized carbons (Fsp3) is 0.684. The molecule has 0 spiro atoms. The van der Waals surface area contributed by atoms with Gasteiger partial charge in [0, 0.05) is 18.3 Å². The topological polar surface area (TPSA) is 109 Å². The van der Waals surface area contributed by atoms with Gasteiger partial charge in [-0.1, -0.05) is 50.3 Å². The van der Waals surface area contributed by atoms with Gasteiger partial charge in [0.25, 0.3) is 0 Å². The molecule has 0 unspecified atom stereocenters. The van der Waals surface area contributed by atoms with E-state index < -0.39 is 5.97 Å². The lowest BCUT2D eigenvalue weighted by Gasteiger charge is -2.41. The van der Waals surface area contributed by atoms with Crippen molar-refractivity contribution in [1.82, 2.24) is 14.9 Å². The number of thioether (sulfide) groups is 1.